The third kappa shape index (κ3) is 2.06. The van der Waals surface area contributed by atoms with Crippen molar-refractivity contribution in [2.75, 3.05) is 5.32 Å². The number of aryl methyl sites for hydroxylation is 2. The average molecular weight is 190 g/mol. The summed E-state index contributed by atoms with van der Waals surface area (Å²) < 4.78 is 0. The zero-order chi connectivity index (χ0) is 9.97. The Labute approximate surface area is 85.7 Å². The summed E-state index contributed by atoms with van der Waals surface area (Å²) in [6.07, 6.45) is 6.95. The van der Waals surface area contributed by atoms with Crippen LogP contribution >= 0.6 is 0 Å². The van der Waals surface area contributed by atoms with Gasteiger partial charge in [0.2, 0.25) is 0 Å². The van der Waals surface area contributed by atoms with E-state index in [4.69, 9.17) is 0 Å². The van der Waals surface area contributed by atoms with E-state index in [1.165, 1.54) is 36.2 Å². The largest absolute Gasteiger partial charge is 0.382 e. The lowest BCUT2D eigenvalue weighted by Gasteiger charge is -2.17. The number of hydrogen-bond acceptors (Lipinski definition) is 2. The second-order valence-electron chi connectivity index (χ2n) is 4.34. The summed E-state index contributed by atoms with van der Waals surface area (Å²) in [5, 5.41) is 3.39. The molecule has 2 heteroatoms. The van der Waals surface area contributed by atoms with Gasteiger partial charge in [0.05, 0.1) is 11.9 Å². The van der Waals surface area contributed by atoms with Crippen molar-refractivity contribution in [3.8, 4) is 0 Å². The summed E-state index contributed by atoms with van der Waals surface area (Å²) in [6.45, 7) is 4.30. The molecule has 1 aliphatic carbocycles. The van der Waals surface area contributed by atoms with Crippen LogP contribution in [0.4, 0.5) is 5.69 Å². The molecule has 0 saturated carbocycles. The fourth-order valence-corrected chi connectivity index (χ4v) is 2.00. The predicted octanol–water partition coefficient (Wildman–Crippen LogP) is 2.78. The van der Waals surface area contributed by atoms with Crippen LogP contribution in [0.1, 0.15) is 37.9 Å². The quantitative estimate of drug-likeness (QED) is 0.775. The predicted molar refractivity (Wildman–Crippen MR) is 59.6 cm³/mol. The fourth-order valence-electron chi connectivity index (χ4n) is 2.00. The zero-order valence-corrected chi connectivity index (χ0v) is 9.01. The Bertz CT molecular complexity index is 318. The van der Waals surface area contributed by atoms with Gasteiger partial charge in [-0.05, 0) is 51.2 Å². The third-order valence-corrected chi connectivity index (χ3v) is 2.62. The number of fused-ring (bicyclic) bond motifs is 1. The molecule has 0 radical (unpaired) electrons. The lowest BCUT2D eigenvalue weighted by molar-refractivity contribution is 0.668. The molecule has 0 amide bonds. The number of aromatic nitrogens is 1. The first kappa shape index (κ1) is 9.50. The molecule has 0 saturated heterocycles. The van der Waals surface area contributed by atoms with E-state index in [1.54, 1.807) is 0 Å². The molecule has 0 unspecified atom stereocenters. The Hall–Kier alpha value is -1.05. The van der Waals surface area contributed by atoms with Crippen molar-refractivity contribution in [1.82, 2.24) is 4.98 Å². The van der Waals surface area contributed by atoms with Crippen LogP contribution in [0.5, 0.6) is 0 Å². The molecule has 76 valence electrons. The first-order valence-electron chi connectivity index (χ1n) is 5.50. The summed E-state index contributed by atoms with van der Waals surface area (Å²) in [5.74, 6) is 0. The van der Waals surface area contributed by atoms with Gasteiger partial charge in [0.1, 0.15) is 0 Å². The lowest BCUT2D eigenvalue weighted by atomic mass is 9.96. The second kappa shape index (κ2) is 3.99. The second-order valence-corrected chi connectivity index (χ2v) is 4.34. The molecular weight excluding hydrogens is 172 g/mol. The number of rotatable bonds is 2. The van der Waals surface area contributed by atoms with Crippen molar-refractivity contribution in [1.29, 1.82) is 0 Å². The minimum absolute atomic E-state index is 0.485. The van der Waals surface area contributed by atoms with E-state index in [9.17, 15) is 0 Å². The normalized spacial score (nSPS) is 15.4. The van der Waals surface area contributed by atoms with Crippen LogP contribution in [-0.2, 0) is 12.8 Å². The van der Waals surface area contributed by atoms with Gasteiger partial charge in [-0.1, -0.05) is 0 Å². The van der Waals surface area contributed by atoms with E-state index >= 15 is 0 Å². The van der Waals surface area contributed by atoms with E-state index in [0.29, 0.717) is 6.04 Å². The van der Waals surface area contributed by atoms with Gasteiger partial charge in [-0.3, -0.25) is 4.98 Å². The third-order valence-electron chi connectivity index (χ3n) is 2.62. The monoisotopic (exact) mass is 190 g/mol. The smallest absolute Gasteiger partial charge is 0.0531 e. The highest BCUT2D eigenvalue weighted by molar-refractivity contribution is 5.46. The van der Waals surface area contributed by atoms with Gasteiger partial charge in [-0.15, -0.1) is 0 Å². The molecule has 0 spiro atoms. The minimum atomic E-state index is 0.485. The molecule has 1 aliphatic rings. The lowest BCUT2D eigenvalue weighted by Crippen LogP contribution is -2.12. The highest BCUT2D eigenvalue weighted by atomic mass is 14.9. The topological polar surface area (TPSA) is 24.9 Å². The molecule has 1 aromatic heterocycles. The molecule has 0 atom stereocenters. The molecular formula is C12H18N2. The van der Waals surface area contributed by atoms with Crippen LogP contribution < -0.4 is 5.32 Å². The summed E-state index contributed by atoms with van der Waals surface area (Å²) in [5.41, 5.74) is 3.92. The highest BCUT2D eigenvalue weighted by Gasteiger charge is 2.10. The SMILES string of the molecule is CC(C)Nc1cnc2c(c1)CCCC2. The number of pyridine rings is 1. The van der Waals surface area contributed by atoms with E-state index in [1.807, 2.05) is 6.20 Å². The van der Waals surface area contributed by atoms with Crippen molar-refractivity contribution in [2.45, 2.75) is 45.6 Å². The van der Waals surface area contributed by atoms with Crippen molar-refractivity contribution in [2.24, 2.45) is 0 Å². The van der Waals surface area contributed by atoms with Gasteiger partial charge in [0.25, 0.3) is 0 Å². The Kier molecular flexibility index (Phi) is 2.71. The van der Waals surface area contributed by atoms with Gasteiger partial charge in [0, 0.05) is 11.7 Å². The van der Waals surface area contributed by atoms with Crippen LogP contribution in [0.25, 0.3) is 0 Å². The van der Waals surface area contributed by atoms with Crippen LogP contribution in [0, 0.1) is 0 Å². The number of nitrogens with one attached hydrogen (secondary N) is 1. The van der Waals surface area contributed by atoms with Crippen LogP contribution in [0.3, 0.4) is 0 Å². The van der Waals surface area contributed by atoms with Crippen molar-refractivity contribution < 1.29 is 0 Å². The van der Waals surface area contributed by atoms with Crippen LogP contribution in [0.15, 0.2) is 12.3 Å². The van der Waals surface area contributed by atoms with Gasteiger partial charge in [-0.25, -0.2) is 0 Å². The number of anilines is 1. The standard InChI is InChI=1S/C12H18N2/c1-9(2)14-11-7-10-5-3-4-6-12(10)13-8-11/h7-9,14H,3-6H2,1-2H3. The molecule has 2 rings (SSSR count). The van der Waals surface area contributed by atoms with Crippen molar-refractivity contribution >= 4 is 5.69 Å². The fraction of sp³-hybridized carbons (Fsp3) is 0.583. The van der Waals surface area contributed by atoms with Gasteiger partial charge >= 0.3 is 0 Å². The molecule has 0 aromatic carbocycles. The summed E-state index contributed by atoms with van der Waals surface area (Å²) in [6, 6.07) is 2.75. The Morgan fingerprint density at radius 3 is 2.86 bits per heavy atom. The van der Waals surface area contributed by atoms with Gasteiger partial charge in [-0.2, -0.15) is 0 Å². The molecule has 0 aliphatic heterocycles. The Morgan fingerprint density at radius 2 is 2.07 bits per heavy atom. The maximum atomic E-state index is 4.51. The number of hydrogen-bond donors (Lipinski definition) is 1. The van der Waals surface area contributed by atoms with Gasteiger partial charge in [0.15, 0.2) is 0 Å². The molecule has 14 heavy (non-hydrogen) atoms. The van der Waals surface area contributed by atoms with Crippen molar-refractivity contribution in [3.05, 3.63) is 23.5 Å². The highest BCUT2D eigenvalue weighted by Crippen LogP contribution is 2.22. The number of nitrogens with zero attached hydrogens (tertiary/aromatic N) is 1. The van der Waals surface area contributed by atoms with E-state index in [0.717, 1.165) is 6.42 Å². The van der Waals surface area contributed by atoms with E-state index in [-0.39, 0.29) is 0 Å². The molecule has 1 N–H and O–H groups in total. The first-order valence-corrected chi connectivity index (χ1v) is 5.50. The van der Waals surface area contributed by atoms with Crippen LogP contribution in [-0.4, -0.2) is 11.0 Å². The molecule has 1 heterocycles. The molecule has 2 nitrogen and oxygen atoms in total. The zero-order valence-electron chi connectivity index (χ0n) is 9.01. The van der Waals surface area contributed by atoms with E-state index in [2.05, 4.69) is 30.2 Å². The van der Waals surface area contributed by atoms with Crippen LogP contribution in [0.2, 0.25) is 0 Å². The summed E-state index contributed by atoms with van der Waals surface area (Å²) in [4.78, 5) is 4.51. The first-order chi connectivity index (χ1) is 6.75. The Balaban J connectivity index is 2.20. The summed E-state index contributed by atoms with van der Waals surface area (Å²) in [7, 11) is 0. The molecule has 0 bridgehead atoms. The maximum Gasteiger partial charge on any atom is 0.0531 e. The minimum Gasteiger partial charge on any atom is -0.382 e. The average Bonchev–Trinajstić information content (AvgIpc) is 2.17. The molecule has 0 fully saturated rings. The van der Waals surface area contributed by atoms with E-state index < -0.39 is 0 Å². The van der Waals surface area contributed by atoms with Gasteiger partial charge < -0.3 is 5.32 Å². The molecule has 1 aromatic rings. The summed E-state index contributed by atoms with van der Waals surface area (Å²) >= 11 is 0. The maximum absolute atomic E-state index is 4.51. The Morgan fingerprint density at radius 1 is 1.29 bits per heavy atom. The van der Waals surface area contributed by atoms with Crippen molar-refractivity contribution in [3.63, 3.8) is 0 Å².